The second kappa shape index (κ2) is 8.69. The largest absolute Gasteiger partial charge is 0.320 e. The van der Waals surface area contributed by atoms with E-state index in [-0.39, 0.29) is 11.7 Å². The second-order valence-corrected chi connectivity index (χ2v) is 6.58. The lowest BCUT2D eigenvalue weighted by molar-refractivity contribution is 0.102. The molecule has 132 valence electrons. The van der Waals surface area contributed by atoms with Crippen molar-refractivity contribution >= 4 is 27.5 Å². The third-order valence-corrected chi connectivity index (χ3v) is 4.30. The summed E-state index contributed by atoms with van der Waals surface area (Å²) in [7, 11) is 0. The molecule has 0 bridgehead atoms. The number of nitrogens with zero attached hydrogens (tertiary/aromatic N) is 1. The van der Waals surface area contributed by atoms with Crippen molar-refractivity contribution in [3.63, 3.8) is 0 Å². The standard InChI is InChI=1S/C20H17BrFN3O/c21-16-8-9-18(25-20(26)19-7-3-4-10-24-19)15(11-16)13-23-12-14-5-1-2-6-17(14)22/h1-11,23H,12-13H2,(H,25,26). The maximum Gasteiger partial charge on any atom is 0.274 e. The molecule has 2 aromatic carbocycles. The molecule has 1 heterocycles. The quantitative estimate of drug-likeness (QED) is 0.624. The Labute approximate surface area is 159 Å². The molecule has 0 unspecified atom stereocenters. The van der Waals surface area contributed by atoms with E-state index in [1.807, 2.05) is 18.2 Å². The molecule has 4 nitrogen and oxygen atoms in total. The summed E-state index contributed by atoms with van der Waals surface area (Å²) in [5.74, 6) is -0.513. The zero-order chi connectivity index (χ0) is 18.4. The van der Waals surface area contributed by atoms with Crippen molar-refractivity contribution in [2.75, 3.05) is 5.32 Å². The van der Waals surface area contributed by atoms with Gasteiger partial charge in [0.2, 0.25) is 0 Å². The van der Waals surface area contributed by atoms with E-state index >= 15 is 0 Å². The smallest absolute Gasteiger partial charge is 0.274 e. The van der Waals surface area contributed by atoms with Crippen molar-refractivity contribution in [2.24, 2.45) is 0 Å². The first-order valence-electron chi connectivity index (χ1n) is 8.08. The van der Waals surface area contributed by atoms with Gasteiger partial charge in [-0.25, -0.2) is 4.39 Å². The van der Waals surface area contributed by atoms with Crippen LogP contribution in [0.25, 0.3) is 0 Å². The molecule has 2 N–H and O–H groups in total. The lowest BCUT2D eigenvalue weighted by atomic mass is 10.1. The average Bonchev–Trinajstić information content (AvgIpc) is 2.66. The van der Waals surface area contributed by atoms with Gasteiger partial charge in [-0.3, -0.25) is 9.78 Å². The number of amides is 1. The van der Waals surface area contributed by atoms with Crippen LogP contribution in [0.1, 0.15) is 21.6 Å². The van der Waals surface area contributed by atoms with Crippen LogP contribution >= 0.6 is 15.9 Å². The van der Waals surface area contributed by atoms with Gasteiger partial charge in [0.1, 0.15) is 11.5 Å². The average molecular weight is 414 g/mol. The van der Waals surface area contributed by atoms with Crippen molar-refractivity contribution in [1.29, 1.82) is 0 Å². The van der Waals surface area contributed by atoms with Gasteiger partial charge < -0.3 is 10.6 Å². The summed E-state index contributed by atoms with van der Waals surface area (Å²) in [5.41, 5.74) is 2.52. The zero-order valence-corrected chi connectivity index (χ0v) is 15.5. The Balaban J connectivity index is 1.70. The van der Waals surface area contributed by atoms with E-state index in [1.54, 1.807) is 42.6 Å². The number of rotatable bonds is 6. The van der Waals surface area contributed by atoms with Gasteiger partial charge in [0.05, 0.1) is 0 Å². The minimum absolute atomic E-state index is 0.238. The van der Waals surface area contributed by atoms with Crippen molar-refractivity contribution in [2.45, 2.75) is 13.1 Å². The number of carbonyl (C=O) groups is 1. The number of nitrogens with one attached hydrogen (secondary N) is 2. The summed E-state index contributed by atoms with van der Waals surface area (Å²) in [6, 6.07) is 17.4. The SMILES string of the molecule is O=C(Nc1ccc(Br)cc1CNCc1ccccc1F)c1ccccn1. The number of carbonyl (C=O) groups excluding carboxylic acids is 1. The van der Waals surface area contributed by atoms with Gasteiger partial charge in [0.25, 0.3) is 5.91 Å². The fraction of sp³-hybridized carbons (Fsp3) is 0.100. The molecule has 0 saturated heterocycles. The van der Waals surface area contributed by atoms with Gasteiger partial charge in [-0.1, -0.05) is 40.2 Å². The highest BCUT2D eigenvalue weighted by atomic mass is 79.9. The summed E-state index contributed by atoms with van der Waals surface area (Å²) in [5, 5.41) is 6.09. The Hall–Kier alpha value is -2.57. The van der Waals surface area contributed by atoms with E-state index in [2.05, 4.69) is 31.5 Å². The molecule has 3 rings (SSSR count). The number of anilines is 1. The molecule has 26 heavy (non-hydrogen) atoms. The topological polar surface area (TPSA) is 54.0 Å². The highest BCUT2D eigenvalue weighted by Crippen LogP contribution is 2.22. The fourth-order valence-corrected chi connectivity index (χ4v) is 2.90. The first kappa shape index (κ1) is 18.2. The van der Waals surface area contributed by atoms with E-state index in [1.165, 1.54) is 6.07 Å². The number of halogens is 2. The molecule has 1 aromatic heterocycles. The lowest BCUT2D eigenvalue weighted by Gasteiger charge is -2.13. The first-order chi connectivity index (χ1) is 12.6. The molecule has 3 aromatic rings. The van der Waals surface area contributed by atoms with Crippen LogP contribution in [0.2, 0.25) is 0 Å². The highest BCUT2D eigenvalue weighted by molar-refractivity contribution is 9.10. The molecule has 0 aliphatic rings. The Morgan fingerprint density at radius 1 is 1.00 bits per heavy atom. The fourth-order valence-electron chi connectivity index (χ4n) is 2.49. The van der Waals surface area contributed by atoms with Crippen molar-refractivity contribution in [3.05, 3.63) is 94.0 Å². The molecular weight excluding hydrogens is 397 g/mol. The predicted octanol–water partition coefficient (Wildman–Crippen LogP) is 4.53. The van der Waals surface area contributed by atoms with Gasteiger partial charge in [-0.2, -0.15) is 0 Å². The third kappa shape index (κ3) is 4.74. The molecule has 0 radical (unpaired) electrons. The number of hydrogen-bond acceptors (Lipinski definition) is 3. The zero-order valence-electron chi connectivity index (χ0n) is 13.9. The van der Waals surface area contributed by atoms with Crippen LogP contribution in [0, 0.1) is 5.82 Å². The Morgan fingerprint density at radius 3 is 2.54 bits per heavy atom. The molecule has 6 heteroatoms. The van der Waals surface area contributed by atoms with Gasteiger partial charge in [0.15, 0.2) is 0 Å². The molecular formula is C20H17BrFN3O. The Kier molecular flexibility index (Phi) is 6.09. The molecule has 0 aliphatic heterocycles. The number of benzene rings is 2. The van der Waals surface area contributed by atoms with Crippen LogP contribution < -0.4 is 10.6 Å². The molecule has 0 saturated carbocycles. The summed E-state index contributed by atoms with van der Waals surface area (Å²) in [4.78, 5) is 16.4. The molecule has 0 aliphatic carbocycles. The van der Waals surface area contributed by atoms with Crippen LogP contribution in [-0.2, 0) is 13.1 Å². The summed E-state index contributed by atoms with van der Waals surface area (Å²) in [6.45, 7) is 0.873. The highest BCUT2D eigenvalue weighted by Gasteiger charge is 2.10. The number of aromatic nitrogens is 1. The van der Waals surface area contributed by atoms with Crippen LogP contribution in [0.4, 0.5) is 10.1 Å². The van der Waals surface area contributed by atoms with Crippen molar-refractivity contribution in [3.8, 4) is 0 Å². The van der Waals surface area contributed by atoms with E-state index in [9.17, 15) is 9.18 Å². The number of hydrogen-bond donors (Lipinski definition) is 2. The lowest BCUT2D eigenvalue weighted by Crippen LogP contribution is -2.18. The third-order valence-electron chi connectivity index (χ3n) is 3.80. The van der Waals surface area contributed by atoms with Crippen molar-refractivity contribution in [1.82, 2.24) is 10.3 Å². The predicted molar refractivity (Wildman–Crippen MR) is 103 cm³/mol. The molecule has 0 atom stereocenters. The molecule has 1 amide bonds. The van der Waals surface area contributed by atoms with E-state index < -0.39 is 0 Å². The van der Waals surface area contributed by atoms with E-state index in [0.29, 0.717) is 30.0 Å². The van der Waals surface area contributed by atoms with Gasteiger partial charge >= 0.3 is 0 Å². The van der Waals surface area contributed by atoms with Gasteiger partial charge in [-0.05, 0) is 42.0 Å². The Bertz CT molecular complexity index is 903. The molecule has 0 spiro atoms. The summed E-state index contributed by atoms with van der Waals surface area (Å²) < 4.78 is 14.6. The summed E-state index contributed by atoms with van der Waals surface area (Å²) in [6.07, 6.45) is 1.58. The van der Waals surface area contributed by atoms with Gasteiger partial charge in [-0.15, -0.1) is 0 Å². The van der Waals surface area contributed by atoms with Crippen molar-refractivity contribution < 1.29 is 9.18 Å². The van der Waals surface area contributed by atoms with Crippen LogP contribution in [-0.4, -0.2) is 10.9 Å². The minimum atomic E-state index is -0.275. The van der Waals surface area contributed by atoms with E-state index in [0.717, 1.165) is 10.0 Å². The maximum absolute atomic E-state index is 13.7. The Morgan fingerprint density at radius 2 is 1.77 bits per heavy atom. The number of pyridine rings is 1. The first-order valence-corrected chi connectivity index (χ1v) is 8.88. The van der Waals surface area contributed by atoms with Crippen LogP contribution in [0.15, 0.2) is 71.3 Å². The monoisotopic (exact) mass is 413 g/mol. The van der Waals surface area contributed by atoms with Crippen LogP contribution in [0.3, 0.4) is 0 Å². The minimum Gasteiger partial charge on any atom is -0.320 e. The summed E-state index contributed by atoms with van der Waals surface area (Å²) >= 11 is 3.44. The second-order valence-electron chi connectivity index (χ2n) is 5.67. The normalized spacial score (nSPS) is 10.5. The van der Waals surface area contributed by atoms with Gasteiger partial charge in [0, 0.05) is 35.0 Å². The van der Waals surface area contributed by atoms with Crippen LogP contribution in [0.5, 0.6) is 0 Å². The molecule has 0 fully saturated rings. The van der Waals surface area contributed by atoms with E-state index in [4.69, 9.17) is 0 Å². The maximum atomic E-state index is 13.7.